The van der Waals surface area contributed by atoms with Gasteiger partial charge in [0.1, 0.15) is 24.4 Å². The van der Waals surface area contributed by atoms with Crippen LogP contribution < -0.4 is 5.32 Å². The number of hydrogen-bond acceptors (Lipinski definition) is 6. The second kappa shape index (κ2) is 5.55. The van der Waals surface area contributed by atoms with Crippen LogP contribution in [0.2, 0.25) is 0 Å². The van der Waals surface area contributed by atoms with Crippen molar-refractivity contribution in [3.05, 3.63) is 0 Å². The summed E-state index contributed by atoms with van der Waals surface area (Å²) in [5.41, 5.74) is 0. The lowest BCUT2D eigenvalue weighted by Gasteiger charge is -2.41. The van der Waals surface area contributed by atoms with Gasteiger partial charge in [-0.1, -0.05) is 0 Å². The predicted octanol–water partition coefficient (Wildman–Crippen LogP) is -2.42. The molecule has 4 N–H and O–H groups in total. The van der Waals surface area contributed by atoms with E-state index in [1.807, 2.05) is 0 Å². The topological polar surface area (TPSA) is 108 Å². The summed E-state index contributed by atoms with van der Waals surface area (Å²) < 4.78 is 10.1. The third-order valence-corrected chi connectivity index (χ3v) is 2.48. The first-order valence-corrected chi connectivity index (χ1v) is 4.93. The van der Waals surface area contributed by atoms with Crippen molar-refractivity contribution in [2.45, 2.75) is 37.6 Å². The van der Waals surface area contributed by atoms with Crippen LogP contribution in [0, 0.1) is 0 Å². The van der Waals surface area contributed by atoms with Crippen molar-refractivity contribution in [2.75, 3.05) is 13.7 Å². The highest BCUT2D eigenvalue weighted by atomic mass is 16.8. The van der Waals surface area contributed by atoms with Gasteiger partial charge < -0.3 is 30.1 Å². The molecule has 1 rings (SSSR count). The van der Waals surface area contributed by atoms with Crippen LogP contribution in [0.1, 0.15) is 6.92 Å². The molecular weight excluding hydrogens is 221 g/mol. The zero-order valence-electron chi connectivity index (χ0n) is 9.16. The molecule has 0 aromatic carbocycles. The lowest BCUT2D eigenvalue weighted by atomic mass is 10.0. The third kappa shape index (κ3) is 2.69. The quantitative estimate of drug-likeness (QED) is 0.407. The Kier molecular flexibility index (Phi) is 4.63. The second-order valence-electron chi connectivity index (χ2n) is 3.67. The average molecular weight is 238 g/mol. The fraction of sp³-hybridized carbons (Fsp3) is 0.889. The Balaban J connectivity index is 2.77. The predicted molar refractivity (Wildman–Crippen MR) is 52.4 cm³/mol. The molecule has 0 saturated carbocycles. The van der Waals surface area contributed by atoms with Gasteiger partial charge in [0, 0.05) is 14.0 Å². The Morgan fingerprint density at radius 1 is 1.44 bits per heavy atom. The summed E-state index contributed by atoms with van der Waals surface area (Å²) >= 11 is 0. The number of hydrogen-bond donors (Lipinski definition) is 4. The molecule has 1 aliphatic heterocycles. The van der Waals surface area contributed by atoms with Crippen LogP contribution >= 0.6 is 0 Å². The van der Waals surface area contributed by atoms with Crippen LogP contribution in [0.15, 0.2) is 0 Å². The normalized spacial score (nSPS) is 39.4. The van der Waals surface area contributed by atoms with Crippen molar-refractivity contribution in [3.63, 3.8) is 0 Å². The first-order valence-electron chi connectivity index (χ1n) is 4.93. The maximum Gasteiger partial charge on any atom is 0.217 e. The van der Waals surface area contributed by atoms with Crippen molar-refractivity contribution in [2.24, 2.45) is 0 Å². The molecule has 1 saturated heterocycles. The van der Waals surface area contributed by atoms with Crippen LogP contribution in [-0.2, 0) is 14.3 Å². The smallest absolute Gasteiger partial charge is 0.217 e. The molecule has 0 aromatic heterocycles. The lowest BCUT2D eigenvalue weighted by molar-refractivity contribution is -0.262. The Morgan fingerprint density at radius 2 is 2.06 bits per heavy atom. The highest BCUT2D eigenvalue weighted by Crippen LogP contribution is 2.21. The molecule has 0 aliphatic carbocycles. The fourth-order valence-electron chi connectivity index (χ4n) is 1.67. The summed E-state index contributed by atoms with van der Waals surface area (Å²) in [6.07, 6.45) is -4.35. The molecule has 0 bridgehead atoms. The molecule has 1 fully saturated rings. The van der Waals surface area contributed by atoms with E-state index in [4.69, 9.17) is 14.6 Å². The van der Waals surface area contributed by atoms with Crippen molar-refractivity contribution in [1.82, 2.24) is 5.32 Å². The first-order chi connectivity index (χ1) is 7.51. The number of nitrogens with one attached hydrogen (secondary N) is 1. The average Bonchev–Trinajstić information content (AvgIpc) is 2.25. The first kappa shape index (κ1) is 13.3. The van der Waals surface area contributed by atoms with Gasteiger partial charge in [-0.2, -0.15) is 0 Å². The molecule has 5 atom stereocenters. The number of rotatable bonds is 3. The number of amides is 1. The summed E-state index contributed by atoms with van der Waals surface area (Å²) in [5, 5.41) is 30.7. The fourth-order valence-corrected chi connectivity index (χ4v) is 1.67. The minimum atomic E-state index is -1.27. The summed E-state index contributed by atoms with van der Waals surface area (Å²) in [4.78, 5) is 10.9. The van der Waals surface area contributed by atoms with Crippen molar-refractivity contribution in [1.29, 1.82) is 0 Å². The van der Waals surface area contributed by atoms with Gasteiger partial charge >= 0.3 is 0 Å². The minimum absolute atomic E-state index is 0.371. The van der Waals surface area contributed by atoms with Gasteiger partial charge in [-0.15, -0.1) is 0 Å². The SMILES string of the molecule is CO[13C@H]1O[C@H](CO)[C@H](O)[C@H](O)[C@H]1N[13C]([13CH3])=O. The highest BCUT2D eigenvalue weighted by molar-refractivity contribution is 5.73. The Morgan fingerprint density at radius 3 is 2.50 bits per heavy atom. The molecule has 0 unspecified atom stereocenters. The van der Waals surface area contributed by atoms with Crippen molar-refractivity contribution < 1.29 is 29.6 Å². The Labute approximate surface area is 93.0 Å². The molecule has 7 nitrogen and oxygen atoms in total. The molecule has 1 aliphatic rings. The van der Waals surface area contributed by atoms with Crippen LogP contribution in [0.25, 0.3) is 0 Å². The largest absolute Gasteiger partial charge is 0.394 e. The van der Waals surface area contributed by atoms with E-state index in [2.05, 4.69) is 5.32 Å². The van der Waals surface area contributed by atoms with Crippen LogP contribution in [-0.4, -0.2) is 65.6 Å². The number of methoxy groups -OCH3 is 1. The maximum absolute atomic E-state index is 10.9. The molecule has 0 aromatic rings. The molecule has 94 valence electrons. The van der Waals surface area contributed by atoms with E-state index < -0.39 is 37.3 Å². The summed E-state index contributed by atoms with van der Waals surface area (Å²) in [7, 11) is 1.35. The molecule has 0 spiro atoms. The maximum atomic E-state index is 10.9. The molecule has 0 radical (unpaired) electrons. The number of aliphatic hydroxyl groups is 3. The van der Waals surface area contributed by atoms with E-state index in [9.17, 15) is 15.0 Å². The van der Waals surface area contributed by atoms with Gasteiger partial charge in [0.05, 0.1) is 6.61 Å². The summed E-state index contributed by atoms with van der Waals surface area (Å²) in [6, 6.07) is -0.861. The van der Waals surface area contributed by atoms with E-state index in [0.29, 0.717) is 0 Å². The minimum Gasteiger partial charge on any atom is -0.394 e. The van der Waals surface area contributed by atoms with Crippen LogP contribution in [0.5, 0.6) is 0 Å². The summed E-state index contributed by atoms with van der Waals surface area (Å²) in [5.74, 6) is -0.371. The zero-order valence-corrected chi connectivity index (χ0v) is 9.16. The van der Waals surface area contributed by atoms with Gasteiger partial charge in [-0.3, -0.25) is 4.79 Å². The summed E-state index contributed by atoms with van der Waals surface area (Å²) in [6.45, 7) is 0.842. The number of ether oxygens (including phenoxy) is 2. The van der Waals surface area contributed by atoms with E-state index >= 15 is 0 Å². The molecule has 7 heteroatoms. The van der Waals surface area contributed by atoms with Crippen LogP contribution in [0.4, 0.5) is 0 Å². The van der Waals surface area contributed by atoms with Crippen molar-refractivity contribution in [3.8, 4) is 0 Å². The van der Waals surface area contributed by atoms with Gasteiger partial charge in [0.15, 0.2) is 6.29 Å². The zero-order chi connectivity index (χ0) is 12.3. The van der Waals surface area contributed by atoms with E-state index in [1.54, 1.807) is 0 Å². The second-order valence-corrected chi connectivity index (χ2v) is 3.67. The molecule has 1 heterocycles. The Hall–Kier alpha value is -0.730. The van der Waals surface area contributed by atoms with Crippen LogP contribution in [0.3, 0.4) is 0 Å². The molecule has 16 heavy (non-hydrogen) atoms. The van der Waals surface area contributed by atoms with Gasteiger partial charge in [-0.25, -0.2) is 0 Å². The van der Waals surface area contributed by atoms with Gasteiger partial charge in [0.2, 0.25) is 5.91 Å². The van der Waals surface area contributed by atoms with Gasteiger partial charge in [0.25, 0.3) is 0 Å². The van der Waals surface area contributed by atoms with Crippen molar-refractivity contribution >= 4 is 5.91 Å². The lowest BCUT2D eigenvalue weighted by Crippen LogP contribution is -2.64. The highest BCUT2D eigenvalue weighted by Gasteiger charge is 2.44. The number of carbonyl (C=O) groups is 1. The Bertz CT molecular complexity index is 246. The van der Waals surface area contributed by atoms with E-state index in [-0.39, 0.29) is 5.91 Å². The molecule has 1 amide bonds. The third-order valence-electron chi connectivity index (χ3n) is 2.48. The number of aliphatic hydroxyl groups excluding tert-OH is 3. The van der Waals surface area contributed by atoms with E-state index in [1.165, 1.54) is 14.0 Å². The van der Waals surface area contributed by atoms with E-state index in [0.717, 1.165) is 0 Å². The standard InChI is InChI=1S/C9H17NO6/c1-4(12)10-6-8(14)7(13)5(3-11)16-9(6)15-2/h5-9,11,13-14H,3H2,1-2H3,(H,10,12)/t5-,6-,7+,8-,9+/m1/s1/i1+1,4+1,9+1. The monoisotopic (exact) mass is 238 g/mol. The number of carbonyl (C=O) groups excluding carboxylic acids is 1. The van der Waals surface area contributed by atoms with Gasteiger partial charge in [-0.05, 0) is 0 Å². The molecular formula is C9H17NO6.